The number of nitrogens with one attached hydrogen (secondary N) is 1. The summed E-state index contributed by atoms with van der Waals surface area (Å²) in [5.74, 6) is -0.727. The summed E-state index contributed by atoms with van der Waals surface area (Å²) >= 11 is 0. The lowest BCUT2D eigenvalue weighted by Gasteiger charge is -2.11. The van der Waals surface area contributed by atoms with Gasteiger partial charge in [0.25, 0.3) is 5.91 Å². The molecule has 1 aromatic carbocycles. The highest BCUT2D eigenvalue weighted by Gasteiger charge is 2.10. The Balaban J connectivity index is 2.90. The van der Waals surface area contributed by atoms with Gasteiger partial charge < -0.3 is 4.74 Å². The van der Waals surface area contributed by atoms with Crippen LogP contribution >= 0.6 is 0 Å². The Morgan fingerprint density at radius 3 is 2.44 bits per heavy atom. The smallest absolute Gasteiger partial charge is 0.337 e. The Morgan fingerprint density at radius 1 is 1.25 bits per heavy atom. The zero-order valence-electron chi connectivity index (χ0n) is 9.48. The molecule has 1 rings (SSSR count). The minimum absolute atomic E-state index is 0.268. The summed E-state index contributed by atoms with van der Waals surface area (Å²) in [4.78, 5) is 22.9. The van der Waals surface area contributed by atoms with Crippen LogP contribution in [0.5, 0.6) is 0 Å². The first-order valence-corrected chi connectivity index (χ1v) is 4.71. The number of carbonyl (C=O) groups is 2. The quantitative estimate of drug-likeness (QED) is 0.603. The lowest BCUT2D eigenvalue weighted by Crippen LogP contribution is -2.36. The number of benzene rings is 1. The molecule has 0 atom stereocenters. The van der Waals surface area contributed by atoms with Crippen molar-refractivity contribution in [2.75, 3.05) is 21.2 Å². The van der Waals surface area contributed by atoms with E-state index in [1.807, 2.05) is 0 Å². The van der Waals surface area contributed by atoms with Crippen molar-refractivity contribution < 1.29 is 14.3 Å². The molecule has 0 radical (unpaired) electrons. The first-order chi connectivity index (χ1) is 7.54. The van der Waals surface area contributed by atoms with Crippen LogP contribution < -0.4 is 5.43 Å². The largest absolute Gasteiger partial charge is 0.465 e. The van der Waals surface area contributed by atoms with Gasteiger partial charge in [-0.05, 0) is 18.2 Å². The minimum Gasteiger partial charge on any atom is -0.465 e. The Kier molecular flexibility index (Phi) is 4.02. The Hall–Kier alpha value is -1.88. The molecule has 0 heterocycles. The van der Waals surface area contributed by atoms with Crippen LogP contribution in [-0.4, -0.2) is 38.1 Å². The molecule has 0 aliphatic carbocycles. The summed E-state index contributed by atoms with van der Waals surface area (Å²) in [5.41, 5.74) is 3.35. The normalized spacial score (nSPS) is 10.0. The molecule has 1 N–H and O–H groups in total. The van der Waals surface area contributed by atoms with Crippen molar-refractivity contribution in [2.24, 2.45) is 0 Å². The molecular weight excluding hydrogens is 208 g/mol. The van der Waals surface area contributed by atoms with Crippen molar-refractivity contribution in [3.8, 4) is 0 Å². The van der Waals surface area contributed by atoms with E-state index in [2.05, 4.69) is 10.2 Å². The minimum atomic E-state index is -0.459. The molecule has 0 spiro atoms. The fraction of sp³-hybridized carbons (Fsp3) is 0.273. The maximum Gasteiger partial charge on any atom is 0.337 e. The molecule has 1 amide bonds. The molecule has 0 aromatic heterocycles. The summed E-state index contributed by atoms with van der Waals surface area (Å²) in [6, 6.07) is 6.35. The van der Waals surface area contributed by atoms with E-state index in [4.69, 9.17) is 0 Å². The van der Waals surface area contributed by atoms with Crippen molar-refractivity contribution in [3.63, 3.8) is 0 Å². The van der Waals surface area contributed by atoms with Gasteiger partial charge in [0, 0.05) is 19.7 Å². The Labute approximate surface area is 94.0 Å². The molecule has 5 heteroatoms. The summed E-state index contributed by atoms with van der Waals surface area (Å²) in [5, 5.41) is 1.53. The van der Waals surface area contributed by atoms with Crippen LogP contribution in [0.2, 0.25) is 0 Å². The van der Waals surface area contributed by atoms with Crippen LogP contribution in [0.25, 0.3) is 0 Å². The number of hydrazine groups is 1. The number of methoxy groups -OCH3 is 1. The van der Waals surface area contributed by atoms with Crippen LogP contribution in [0.1, 0.15) is 20.7 Å². The number of ether oxygens (including phenoxy) is 1. The van der Waals surface area contributed by atoms with Crippen LogP contribution in [0.3, 0.4) is 0 Å². The monoisotopic (exact) mass is 222 g/mol. The molecule has 0 aliphatic rings. The van der Waals surface area contributed by atoms with Gasteiger partial charge in [-0.2, -0.15) is 0 Å². The summed E-state index contributed by atoms with van der Waals surface area (Å²) in [6.07, 6.45) is 0. The van der Waals surface area contributed by atoms with Crippen molar-refractivity contribution >= 4 is 11.9 Å². The standard InChI is InChI=1S/C11H14N2O3/c1-13(2)12-10(14)8-5-4-6-9(7-8)11(15)16-3/h4-7H,1-3H3,(H,12,14). The zero-order valence-corrected chi connectivity index (χ0v) is 9.48. The Bertz CT molecular complexity index is 402. The molecule has 0 bridgehead atoms. The number of hydrogen-bond donors (Lipinski definition) is 1. The van der Waals surface area contributed by atoms with E-state index < -0.39 is 5.97 Å². The average molecular weight is 222 g/mol. The summed E-state index contributed by atoms with van der Waals surface area (Å²) in [6.45, 7) is 0. The van der Waals surface area contributed by atoms with Gasteiger partial charge >= 0.3 is 5.97 Å². The van der Waals surface area contributed by atoms with E-state index in [0.717, 1.165) is 0 Å². The molecule has 86 valence electrons. The third kappa shape index (κ3) is 3.06. The van der Waals surface area contributed by atoms with Gasteiger partial charge in [0.1, 0.15) is 0 Å². The number of esters is 1. The number of nitrogens with zero attached hydrogens (tertiary/aromatic N) is 1. The van der Waals surface area contributed by atoms with Crippen LogP contribution in [0.15, 0.2) is 24.3 Å². The van der Waals surface area contributed by atoms with Gasteiger partial charge in [0.15, 0.2) is 0 Å². The predicted molar refractivity (Wildman–Crippen MR) is 58.9 cm³/mol. The molecular formula is C11H14N2O3. The van der Waals surface area contributed by atoms with Crippen molar-refractivity contribution in [1.82, 2.24) is 10.4 Å². The fourth-order valence-electron chi connectivity index (χ4n) is 1.17. The van der Waals surface area contributed by atoms with E-state index in [0.29, 0.717) is 11.1 Å². The van der Waals surface area contributed by atoms with Crippen molar-refractivity contribution in [1.29, 1.82) is 0 Å². The van der Waals surface area contributed by atoms with Gasteiger partial charge in [-0.3, -0.25) is 10.2 Å². The number of hydrogen-bond acceptors (Lipinski definition) is 4. The van der Waals surface area contributed by atoms with E-state index in [1.54, 1.807) is 32.3 Å². The van der Waals surface area contributed by atoms with E-state index in [1.165, 1.54) is 18.2 Å². The highest BCUT2D eigenvalue weighted by molar-refractivity contribution is 5.97. The molecule has 5 nitrogen and oxygen atoms in total. The van der Waals surface area contributed by atoms with Crippen molar-refractivity contribution in [2.45, 2.75) is 0 Å². The third-order valence-electron chi connectivity index (χ3n) is 1.87. The second-order valence-electron chi connectivity index (χ2n) is 3.41. The topological polar surface area (TPSA) is 58.6 Å². The van der Waals surface area contributed by atoms with Gasteiger partial charge in [0.2, 0.25) is 0 Å². The Morgan fingerprint density at radius 2 is 1.88 bits per heavy atom. The predicted octanol–water partition coefficient (Wildman–Crippen LogP) is 0.680. The van der Waals surface area contributed by atoms with Crippen molar-refractivity contribution in [3.05, 3.63) is 35.4 Å². The lowest BCUT2D eigenvalue weighted by atomic mass is 10.1. The summed E-state index contributed by atoms with van der Waals surface area (Å²) in [7, 11) is 4.72. The molecule has 0 saturated heterocycles. The van der Waals surface area contributed by atoms with Crippen LogP contribution in [0, 0.1) is 0 Å². The molecule has 0 aliphatic heterocycles. The highest BCUT2D eigenvalue weighted by Crippen LogP contribution is 2.06. The second kappa shape index (κ2) is 5.27. The molecule has 16 heavy (non-hydrogen) atoms. The first kappa shape index (κ1) is 12.2. The van der Waals surface area contributed by atoms with Gasteiger partial charge in [-0.15, -0.1) is 0 Å². The van der Waals surface area contributed by atoms with Crippen LogP contribution in [0.4, 0.5) is 0 Å². The zero-order chi connectivity index (χ0) is 12.1. The first-order valence-electron chi connectivity index (χ1n) is 4.71. The fourth-order valence-corrected chi connectivity index (χ4v) is 1.17. The SMILES string of the molecule is COC(=O)c1cccc(C(=O)NN(C)C)c1. The maximum absolute atomic E-state index is 11.6. The summed E-state index contributed by atoms with van der Waals surface area (Å²) < 4.78 is 4.57. The maximum atomic E-state index is 11.6. The number of carbonyl (C=O) groups excluding carboxylic acids is 2. The number of rotatable bonds is 3. The highest BCUT2D eigenvalue weighted by atomic mass is 16.5. The molecule has 0 saturated carbocycles. The van der Waals surface area contributed by atoms with Crippen LogP contribution in [-0.2, 0) is 4.74 Å². The van der Waals surface area contributed by atoms with E-state index >= 15 is 0 Å². The second-order valence-corrected chi connectivity index (χ2v) is 3.41. The van der Waals surface area contributed by atoms with E-state index in [9.17, 15) is 9.59 Å². The molecule has 1 aromatic rings. The number of amides is 1. The van der Waals surface area contributed by atoms with Gasteiger partial charge in [0.05, 0.1) is 12.7 Å². The lowest BCUT2D eigenvalue weighted by molar-refractivity contribution is 0.0600. The average Bonchev–Trinajstić information content (AvgIpc) is 2.27. The van der Waals surface area contributed by atoms with Gasteiger partial charge in [-0.1, -0.05) is 6.07 Å². The molecule has 0 unspecified atom stereocenters. The van der Waals surface area contributed by atoms with Gasteiger partial charge in [-0.25, -0.2) is 9.80 Å². The molecule has 0 fully saturated rings. The third-order valence-corrected chi connectivity index (χ3v) is 1.87. The van der Waals surface area contributed by atoms with E-state index in [-0.39, 0.29) is 5.91 Å².